The first-order valence-electron chi connectivity index (χ1n) is 3.41. The van der Waals surface area contributed by atoms with Gasteiger partial charge in [0.05, 0.1) is 17.0 Å². The van der Waals surface area contributed by atoms with E-state index in [2.05, 4.69) is 4.72 Å². The van der Waals surface area contributed by atoms with Crippen LogP contribution in [0.5, 0.6) is 0 Å². The fraction of sp³-hybridized carbons (Fsp3) is 0.125. The molecule has 0 aliphatic rings. The molecule has 1 aromatic carbocycles. The van der Waals surface area contributed by atoms with Crippen LogP contribution in [0.3, 0.4) is 0 Å². The summed E-state index contributed by atoms with van der Waals surface area (Å²) in [6.07, 6.45) is 1.05. The lowest BCUT2D eigenvalue weighted by Crippen LogP contribution is -2.09. The molecule has 70 valence electrons. The third-order valence-electron chi connectivity index (χ3n) is 1.29. The van der Waals surface area contributed by atoms with Crippen LogP contribution >= 0.6 is 11.6 Å². The third kappa shape index (κ3) is 3.24. The van der Waals surface area contributed by atoms with Crippen molar-refractivity contribution in [2.45, 2.75) is 0 Å². The standard InChI is InChI=1S/C8H8ClNO2S/c1-6-3-4-7(9)8(5-6)10-13(2,11)12/h1,3-5,10H,2H3. The lowest BCUT2D eigenvalue weighted by molar-refractivity contribution is 0.607. The number of anilines is 1. The van der Waals surface area contributed by atoms with Crippen molar-refractivity contribution in [1.82, 2.24) is 0 Å². The van der Waals surface area contributed by atoms with E-state index in [9.17, 15) is 8.42 Å². The minimum absolute atomic E-state index is 0.296. The molecule has 0 atom stereocenters. The Balaban J connectivity index is 3.08. The van der Waals surface area contributed by atoms with Gasteiger partial charge >= 0.3 is 0 Å². The average Bonchev–Trinajstić information content (AvgIpc) is 1.94. The SMILES string of the molecule is [CH]c1ccc(Cl)c(NS(C)(=O)=O)c1. The van der Waals surface area contributed by atoms with Crippen LogP contribution in [0, 0.1) is 6.92 Å². The van der Waals surface area contributed by atoms with E-state index in [-0.39, 0.29) is 0 Å². The van der Waals surface area contributed by atoms with Gasteiger partial charge in [0.25, 0.3) is 0 Å². The van der Waals surface area contributed by atoms with E-state index in [1.807, 2.05) is 0 Å². The predicted molar refractivity (Wildman–Crippen MR) is 53.3 cm³/mol. The molecule has 1 aromatic rings. The van der Waals surface area contributed by atoms with Crippen molar-refractivity contribution in [3.8, 4) is 0 Å². The zero-order chi connectivity index (χ0) is 10.1. The molecule has 0 saturated carbocycles. The predicted octanol–water partition coefficient (Wildman–Crippen LogP) is 1.77. The number of rotatable bonds is 2. The molecular weight excluding hydrogens is 210 g/mol. The summed E-state index contributed by atoms with van der Waals surface area (Å²) in [5, 5.41) is 0.319. The van der Waals surface area contributed by atoms with Gasteiger partial charge in [0.2, 0.25) is 10.0 Å². The fourth-order valence-corrected chi connectivity index (χ4v) is 1.61. The Morgan fingerprint density at radius 1 is 1.46 bits per heavy atom. The molecule has 0 spiro atoms. The maximum Gasteiger partial charge on any atom is 0.229 e. The van der Waals surface area contributed by atoms with Crippen molar-refractivity contribution >= 4 is 27.3 Å². The highest BCUT2D eigenvalue weighted by Gasteiger charge is 2.05. The van der Waals surface area contributed by atoms with Gasteiger partial charge in [-0.1, -0.05) is 17.7 Å². The molecule has 2 radical (unpaired) electrons. The lowest BCUT2D eigenvalue weighted by atomic mass is 10.2. The number of benzene rings is 1. The van der Waals surface area contributed by atoms with Gasteiger partial charge in [-0.25, -0.2) is 8.42 Å². The molecule has 0 aromatic heterocycles. The molecule has 0 heterocycles. The second-order valence-corrected chi connectivity index (χ2v) is 4.77. The molecule has 0 amide bonds. The van der Waals surface area contributed by atoms with Crippen molar-refractivity contribution in [3.05, 3.63) is 35.7 Å². The van der Waals surface area contributed by atoms with Crippen LogP contribution in [0.25, 0.3) is 0 Å². The van der Waals surface area contributed by atoms with Crippen LogP contribution in [0.15, 0.2) is 18.2 Å². The van der Waals surface area contributed by atoms with Crippen molar-refractivity contribution in [3.63, 3.8) is 0 Å². The van der Waals surface area contributed by atoms with Gasteiger partial charge in [-0.15, -0.1) is 0 Å². The highest BCUT2D eigenvalue weighted by atomic mass is 35.5. The first-order valence-corrected chi connectivity index (χ1v) is 5.68. The summed E-state index contributed by atoms with van der Waals surface area (Å²) < 4.78 is 24.0. The minimum atomic E-state index is -3.31. The van der Waals surface area contributed by atoms with Gasteiger partial charge in [-0.3, -0.25) is 4.72 Å². The van der Waals surface area contributed by atoms with E-state index < -0.39 is 10.0 Å². The summed E-state index contributed by atoms with van der Waals surface area (Å²) in [5.41, 5.74) is 0.750. The normalized spacial score (nSPS) is 11.3. The maximum absolute atomic E-state index is 10.9. The molecule has 0 bridgehead atoms. The Kier molecular flexibility index (Phi) is 2.83. The third-order valence-corrected chi connectivity index (χ3v) is 2.21. The molecule has 1 N–H and O–H groups in total. The second-order valence-electron chi connectivity index (χ2n) is 2.61. The Morgan fingerprint density at radius 3 is 2.62 bits per heavy atom. The van der Waals surface area contributed by atoms with Crippen LogP contribution in [0.4, 0.5) is 5.69 Å². The van der Waals surface area contributed by atoms with Crippen molar-refractivity contribution in [2.75, 3.05) is 11.0 Å². The summed E-state index contributed by atoms with van der Waals surface area (Å²) in [6, 6.07) is 4.59. The molecule has 0 fully saturated rings. The summed E-state index contributed by atoms with van der Waals surface area (Å²) in [4.78, 5) is 0. The van der Waals surface area contributed by atoms with E-state index >= 15 is 0 Å². The van der Waals surface area contributed by atoms with Crippen LogP contribution in [0.1, 0.15) is 5.56 Å². The second kappa shape index (κ2) is 3.55. The largest absolute Gasteiger partial charge is 0.282 e. The molecule has 3 nitrogen and oxygen atoms in total. The Morgan fingerprint density at radius 2 is 2.08 bits per heavy atom. The van der Waals surface area contributed by atoms with E-state index in [0.29, 0.717) is 16.3 Å². The van der Waals surface area contributed by atoms with Crippen LogP contribution < -0.4 is 4.72 Å². The highest BCUT2D eigenvalue weighted by Crippen LogP contribution is 2.23. The van der Waals surface area contributed by atoms with Crippen LogP contribution in [0.2, 0.25) is 5.02 Å². The topological polar surface area (TPSA) is 46.2 Å². The summed E-state index contributed by atoms with van der Waals surface area (Å²) in [6.45, 7) is 5.45. The number of sulfonamides is 1. The lowest BCUT2D eigenvalue weighted by Gasteiger charge is -2.06. The van der Waals surface area contributed by atoms with Gasteiger partial charge in [0.15, 0.2) is 0 Å². The quantitative estimate of drug-likeness (QED) is 0.821. The van der Waals surface area contributed by atoms with E-state index in [1.165, 1.54) is 12.1 Å². The van der Waals surface area contributed by atoms with Crippen molar-refractivity contribution < 1.29 is 8.42 Å². The molecular formula is C8H8ClNO2S. The van der Waals surface area contributed by atoms with Gasteiger partial charge in [-0.2, -0.15) is 0 Å². The number of hydrogen-bond acceptors (Lipinski definition) is 2. The number of halogens is 1. The molecule has 0 saturated heterocycles. The van der Waals surface area contributed by atoms with Gasteiger partial charge in [0.1, 0.15) is 0 Å². The Labute approximate surface area is 82.8 Å². The van der Waals surface area contributed by atoms with Crippen LogP contribution in [-0.4, -0.2) is 14.7 Å². The fourth-order valence-electron chi connectivity index (χ4n) is 0.821. The molecule has 13 heavy (non-hydrogen) atoms. The summed E-state index contributed by atoms with van der Waals surface area (Å²) in [7, 11) is -3.31. The first kappa shape index (κ1) is 10.3. The number of hydrogen-bond donors (Lipinski definition) is 1. The van der Waals surface area contributed by atoms with E-state index in [4.69, 9.17) is 18.5 Å². The zero-order valence-electron chi connectivity index (χ0n) is 6.91. The maximum atomic E-state index is 10.9. The average molecular weight is 218 g/mol. The van der Waals surface area contributed by atoms with Crippen molar-refractivity contribution in [1.29, 1.82) is 0 Å². The van der Waals surface area contributed by atoms with E-state index in [1.54, 1.807) is 6.07 Å². The smallest absolute Gasteiger partial charge is 0.229 e. The van der Waals surface area contributed by atoms with Gasteiger partial charge < -0.3 is 0 Å². The summed E-state index contributed by atoms with van der Waals surface area (Å²) >= 11 is 5.72. The zero-order valence-corrected chi connectivity index (χ0v) is 8.48. The Bertz CT molecular complexity index is 414. The Hall–Kier alpha value is -0.740. The summed E-state index contributed by atoms with van der Waals surface area (Å²) in [5.74, 6) is 0. The monoisotopic (exact) mass is 217 g/mol. The van der Waals surface area contributed by atoms with E-state index in [0.717, 1.165) is 6.26 Å². The first-order chi connectivity index (χ1) is 5.88. The molecule has 0 aliphatic heterocycles. The van der Waals surface area contributed by atoms with Gasteiger partial charge in [0, 0.05) is 0 Å². The highest BCUT2D eigenvalue weighted by molar-refractivity contribution is 7.92. The molecule has 1 rings (SSSR count). The molecule has 5 heteroatoms. The molecule has 0 unspecified atom stereocenters. The minimum Gasteiger partial charge on any atom is -0.282 e. The number of nitrogens with one attached hydrogen (secondary N) is 1. The molecule has 0 aliphatic carbocycles. The van der Waals surface area contributed by atoms with Crippen LogP contribution in [-0.2, 0) is 10.0 Å². The van der Waals surface area contributed by atoms with Gasteiger partial charge in [-0.05, 0) is 24.6 Å². The van der Waals surface area contributed by atoms with Crippen molar-refractivity contribution in [2.24, 2.45) is 0 Å².